The molecule has 0 spiro atoms. The van der Waals surface area contributed by atoms with Gasteiger partial charge in [-0.3, -0.25) is 0 Å². The number of carbonyl (C=O) groups excluding carboxylic acids is 1. The summed E-state index contributed by atoms with van der Waals surface area (Å²) in [6.45, 7) is 12.7. The topological polar surface area (TPSA) is 56.7 Å². The van der Waals surface area contributed by atoms with Crippen LogP contribution in [0.2, 0.25) is 0 Å². The van der Waals surface area contributed by atoms with Crippen molar-refractivity contribution < 1.29 is 14.1 Å². The second kappa shape index (κ2) is 4.60. The van der Waals surface area contributed by atoms with Crippen molar-refractivity contribution in [3.63, 3.8) is 0 Å². The van der Waals surface area contributed by atoms with E-state index in [1.54, 1.807) is 6.92 Å². The highest BCUT2D eigenvalue weighted by Crippen LogP contribution is 2.30. The first kappa shape index (κ1) is 11.2. The highest BCUT2D eigenvalue weighted by Gasteiger charge is 2.24. The molecule has 0 amide bonds. The van der Waals surface area contributed by atoms with Crippen LogP contribution in [0.1, 0.15) is 42.9 Å². The molecule has 0 saturated carbocycles. The molecule has 0 bridgehead atoms. The second-order valence-corrected chi connectivity index (χ2v) is 3.23. The quantitative estimate of drug-likeness (QED) is 0.565. The number of carbonyl (C=O) groups is 1. The number of aromatic nitrogens is 1. The fraction of sp³-hybridized carbons (Fsp3) is 0.500. The second-order valence-electron chi connectivity index (χ2n) is 3.23. The van der Waals surface area contributed by atoms with Crippen LogP contribution in [0.15, 0.2) is 4.52 Å². The molecule has 5 nitrogen and oxygen atoms in total. The van der Waals surface area contributed by atoms with Crippen molar-refractivity contribution in [3.8, 4) is 0 Å². The Morgan fingerprint density at radius 3 is 2.80 bits per heavy atom. The summed E-state index contributed by atoms with van der Waals surface area (Å²) in [6.07, 6.45) is 0. The molecular weight excluding hydrogens is 196 g/mol. The number of nitrogens with zero attached hydrogens (tertiary/aromatic N) is 2. The maximum atomic E-state index is 11.4. The van der Waals surface area contributed by atoms with E-state index in [9.17, 15) is 4.79 Å². The van der Waals surface area contributed by atoms with Crippen LogP contribution in [-0.4, -0.2) is 17.7 Å². The Morgan fingerprint density at radius 2 is 2.33 bits per heavy atom. The first-order chi connectivity index (χ1) is 7.11. The first-order valence-electron chi connectivity index (χ1n) is 4.65. The monoisotopic (exact) mass is 208 g/mol. The smallest absolute Gasteiger partial charge is 0.349 e. The summed E-state index contributed by atoms with van der Waals surface area (Å²) in [5, 5.41) is 3.56. The van der Waals surface area contributed by atoms with Crippen LogP contribution in [0.4, 0.5) is 5.69 Å². The lowest BCUT2D eigenvalue weighted by molar-refractivity contribution is 0.0515. The molecule has 0 fully saturated rings. The average Bonchev–Trinajstić information content (AvgIpc) is 2.61. The molecule has 0 aliphatic carbocycles. The van der Waals surface area contributed by atoms with Crippen LogP contribution in [0.5, 0.6) is 0 Å². The fourth-order valence-corrected chi connectivity index (χ4v) is 1.12. The molecule has 15 heavy (non-hydrogen) atoms. The minimum Gasteiger partial charge on any atom is -0.462 e. The van der Waals surface area contributed by atoms with Gasteiger partial charge in [0.15, 0.2) is 5.69 Å². The summed E-state index contributed by atoms with van der Waals surface area (Å²) in [7, 11) is 0. The molecule has 0 aliphatic rings. The van der Waals surface area contributed by atoms with Gasteiger partial charge in [0.25, 0.3) is 5.69 Å². The van der Waals surface area contributed by atoms with Gasteiger partial charge in [-0.25, -0.2) is 9.64 Å². The van der Waals surface area contributed by atoms with Crippen molar-refractivity contribution in [1.82, 2.24) is 5.16 Å². The van der Waals surface area contributed by atoms with E-state index < -0.39 is 5.97 Å². The lowest BCUT2D eigenvalue weighted by Gasteiger charge is -1.98. The van der Waals surface area contributed by atoms with Crippen molar-refractivity contribution >= 4 is 11.7 Å². The third-order valence-corrected chi connectivity index (χ3v) is 1.80. The number of hydrogen-bond donors (Lipinski definition) is 0. The molecule has 0 saturated heterocycles. The average molecular weight is 208 g/mol. The van der Waals surface area contributed by atoms with E-state index in [1.807, 2.05) is 13.8 Å². The number of rotatable bonds is 3. The lowest BCUT2D eigenvalue weighted by atomic mass is 10.1. The minimum atomic E-state index is -0.612. The van der Waals surface area contributed by atoms with E-state index in [4.69, 9.17) is 15.8 Å². The van der Waals surface area contributed by atoms with Crippen LogP contribution in [-0.2, 0) is 4.74 Å². The Morgan fingerprint density at radius 1 is 1.67 bits per heavy atom. The van der Waals surface area contributed by atoms with Crippen LogP contribution in [0.25, 0.3) is 4.85 Å². The Kier molecular flexibility index (Phi) is 3.45. The van der Waals surface area contributed by atoms with E-state index in [-0.39, 0.29) is 23.9 Å². The highest BCUT2D eigenvalue weighted by atomic mass is 16.5. The molecule has 0 unspecified atom stereocenters. The molecule has 1 heterocycles. The van der Waals surface area contributed by atoms with Crippen molar-refractivity contribution in [2.75, 3.05) is 6.61 Å². The number of hydrogen-bond acceptors (Lipinski definition) is 4. The van der Waals surface area contributed by atoms with Crippen molar-refractivity contribution in [2.45, 2.75) is 26.7 Å². The lowest BCUT2D eigenvalue weighted by Crippen LogP contribution is -2.04. The maximum absolute atomic E-state index is 11.4. The Balaban J connectivity index is 3.11. The maximum Gasteiger partial charge on any atom is 0.349 e. The molecule has 0 radical (unpaired) electrons. The van der Waals surface area contributed by atoms with E-state index in [1.165, 1.54) is 0 Å². The van der Waals surface area contributed by atoms with Gasteiger partial charge in [0.05, 0.1) is 13.2 Å². The third-order valence-electron chi connectivity index (χ3n) is 1.80. The SMILES string of the molecule is [C-]#[N+]c1c(C(=O)OCC)noc1C(C)C. The highest BCUT2D eigenvalue weighted by molar-refractivity contribution is 5.94. The molecule has 5 heteroatoms. The summed E-state index contributed by atoms with van der Waals surface area (Å²) in [5.74, 6) is -0.169. The molecule has 0 aromatic carbocycles. The standard InChI is InChI=1S/C10H12N2O3/c1-5-14-10(13)8-7(11-4)9(6(2)3)15-12-8/h6H,5H2,1-3H3. The molecule has 1 aromatic heterocycles. The third kappa shape index (κ3) is 2.15. The molecule has 1 aromatic rings. The Labute approximate surface area is 87.8 Å². The van der Waals surface area contributed by atoms with Crippen LogP contribution >= 0.6 is 0 Å². The zero-order chi connectivity index (χ0) is 11.4. The first-order valence-corrected chi connectivity index (χ1v) is 4.65. The van der Waals surface area contributed by atoms with E-state index in [0.717, 1.165) is 0 Å². The Bertz CT molecular complexity index is 401. The largest absolute Gasteiger partial charge is 0.462 e. The number of ether oxygens (including phenoxy) is 1. The van der Waals surface area contributed by atoms with Crippen molar-refractivity contribution in [3.05, 3.63) is 22.9 Å². The molecule has 0 aliphatic heterocycles. The van der Waals surface area contributed by atoms with E-state index >= 15 is 0 Å². The zero-order valence-corrected chi connectivity index (χ0v) is 8.90. The number of esters is 1. The molecular formula is C10H12N2O3. The van der Waals surface area contributed by atoms with Crippen molar-refractivity contribution in [2.24, 2.45) is 0 Å². The van der Waals surface area contributed by atoms with E-state index in [2.05, 4.69) is 10.0 Å². The summed E-state index contributed by atoms with van der Waals surface area (Å²) in [5.41, 5.74) is 0.124. The molecule has 80 valence electrons. The van der Waals surface area contributed by atoms with Gasteiger partial charge in [-0.15, -0.1) is 0 Å². The van der Waals surface area contributed by atoms with Gasteiger partial charge >= 0.3 is 5.97 Å². The molecule has 1 rings (SSSR count). The van der Waals surface area contributed by atoms with Gasteiger partial charge in [0.2, 0.25) is 0 Å². The van der Waals surface area contributed by atoms with Gasteiger partial charge in [-0.1, -0.05) is 19.0 Å². The van der Waals surface area contributed by atoms with Gasteiger partial charge in [0, 0.05) is 5.92 Å². The van der Waals surface area contributed by atoms with Crippen LogP contribution in [0.3, 0.4) is 0 Å². The predicted octanol–water partition coefficient (Wildman–Crippen LogP) is 2.53. The normalized spacial score (nSPS) is 10.1. The molecule has 0 atom stereocenters. The van der Waals surface area contributed by atoms with Crippen molar-refractivity contribution in [1.29, 1.82) is 0 Å². The van der Waals surface area contributed by atoms with Gasteiger partial charge in [-0.05, 0) is 6.92 Å². The van der Waals surface area contributed by atoms with Gasteiger partial charge in [0.1, 0.15) is 5.76 Å². The minimum absolute atomic E-state index is 0.0183. The summed E-state index contributed by atoms with van der Waals surface area (Å²) in [4.78, 5) is 14.6. The summed E-state index contributed by atoms with van der Waals surface area (Å²) >= 11 is 0. The summed E-state index contributed by atoms with van der Waals surface area (Å²) < 4.78 is 9.71. The van der Waals surface area contributed by atoms with Gasteiger partial charge < -0.3 is 9.26 Å². The molecule has 0 N–H and O–H groups in total. The van der Waals surface area contributed by atoms with Crippen LogP contribution < -0.4 is 0 Å². The predicted molar refractivity (Wildman–Crippen MR) is 52.8 cm³/mol. The fourth-order valence-electron chi connectivity index (χ4n) is 1.12. The Hall–Kier alpha value is -1.83. The summed E-state index contributed by atoms with van der Waals surface area (Å²) in [6, 6.07) is 0. The van der Waals surface area contributed by atoms with Crippen LogP contribution in [0, 0.1) is 6.57 Å². The zero-order valence-electron chi connectivity index (χ0n) is 8.90. The van der Waals surface area contributed by atoms with E-state index in [0.29, 0.717) is 5.76 Å². The van der Waals surface area contributed by atoms with Gasteiger partial charge in [-0.2, -0.15) is 0 Å².